The maximum absolute atomic E-state index is 5.55. The summed E-state index contributed by atoms with van der Waals surface area (Å²) < 4.78 is 21.3. The van der Waals surface area contributed by atoms with Crippen LogP contribution in [0.4, 0.5) is 0 Å². The maximum Gasteiger partial charge on any atom is 0.325 e. The van der Waals surface area contributed by atoms with Crippen molar-refractivity contribution in [2.24, 2.45) is 5.73 Å². The van der Waals surface area contributed by atoms with Crippen molar-refractivity contribution >= 4 is 18.6 Å². The Labute approximate surface area is 89.2 Å². The van der Waals surface area contributed by atoms with Gasteiger partial charge in [0.1, 0.15) is 0 Å². The molecule has 0 saturated heterocycles. The summed E-state index contributed by atoms with van der Waals surface area (Å²) in [6.07, 6.45) is 0.844. The second kappa shape index (κ2) is 8.53. The summed E-state index contributed by atoms with van der Waals surface area (Å²) >= 11 is 0. The van der Waals surface area contributed by atoms with E-state index < -0.39 is 18.6 Å². The molecule has 0 aliphatic rings. The average molecular weight is 239 g/mol. The predicted molar refractivity (Wildman–Crippen MR) is 59.8 cm³/mol. The smallest absolute Gasteiger partial charge is 0.325 e. The molecule has 0 amide bonds. The SMILES string of the molecule is CO[SiH](OC)C(CCN)[SiH](OC)OC. The third kappa shape index (κ3) is 4.17. The van der Waals surface area contributed by atoms with E-state index in [2.05, 4.69) is 0 Å². The molecule has 2 N–H and O–H groups in total. The van der Waals surface area contributed by atoms with Gasteiger partial charge in [-0.25, -0.2) is 0 Å². The molecular weight excluding hydrogens is 218 g/mol. The summed E-state index contributed by atoms with van der Waals surface area (Å²) in [4.78, 5) is 0. The van der Waals surface area contributed by atoms with Crippen LogP contribution in [0.25, 0.3) is 0 Å². The molecule has 0 aromatic heterocycles. The Morgan fingerprint density at radius 2 is 1.29 bits per heavy atom. The second-order valence-corrected chi connectivity index (χ2v) is 8.76. The van der Waals surface area contributed by atoms with Gasteiger partial charge in [-0.2, -0.15) is 0 Å². The Morgan fingerprint density at radius 3 is 1.50 bits per heavy atom. The number of nitrogens with two attached hydrogens (primary N) is 1. The van der Waals surface area contributed by atoms with Crippen molar-refractivity contribution in [3.8, 4) is 0 Å². The van der Waals surface area contributed by atoms with Crippen molar-refractivity contribution in [3.05, 3.63) is 0 Å². The van der Waals surface area contributed by atoms with E-state index in [0.717, 1.165) is 6.42 Å². The van der Waals surface area contributed by atoms with Crippen LogP contribution in [0.5, 0.6) is 0 Å². The van der Waals surface area contributed by atoms with E-state index in [0.29, 0.717) is 6.54 Å². The molecule has 0 heterocycles. The Bertz CT molecular complexity index is 121. The van der Waals surface area contributed by atoms with Crippen molar-refractivity contribution in [2.75, 3.05) is 35.0 Å². The van der Waals surface area contributed by atoms with Gasteiger partial charge in [0, 0.05) is 33.6 Å². The number of hydrogen-bond donors (Lipinski definition) is 1. The molecule has 0 bridgehead atoms. The van der Waals surface area contributed by atoms with E-state index in [9.17, 15) is 0 Å². The minimum Gasteiger partial charge on any atom is -0.400 e. The van der Waals surface area contributed by atoms with Crippen LogP contribution in [0, 0.1) is 0 Å². The molecule has 0 atom stereocenters. The third-order valence-corrected chi connectivity index (χ3v) is 7.94. The largest absolute Gasteiger partial charge is 0.400 e. The second-order valence-electron chi connectivity index (χ2n) is 2.92. The first-order valence-electron chi connectivity index (χ1n) is 4.56. The minimum atomic E-state index is -1.69. The molecule has 0 radical (unpaired) electrons. The van der Waals surface area contributed by atoms with E-state index in [1.165, 1.54) is 0 Å². The molecule has 0 unspecified atom stereocenters. The monoisotopic (exact) mass is 239 g/mol. The molecule has 5 nitrogen and oxygen atoms in total. The first-order chi connectivity index (χ1) is 6.74. The van der Waals surface area contributed by atoms with E-state index in [1.807, 2.05) is 0 Å². The molecule has 86 valence electrons. The summed E-state index contributed by atoms with van der Waals surface area (Å²) in [5, 5.41) is 0.255. The van der Waals surface area contributed by atoms with Gasteiger partial charge in [0.05, 0.1) is 0 Å². The summed E-state index contributed by atoms with van der Waals surface area (Å²) in [6, 6.07) is 0. The van der Waals surface area contributed by atoms with Crippen LogP contribution in [0.2, 0.25) is 5.16 Å². The zero-order chi connectivity index (χ0) is 11.0. The first kappa shape index (κ1) is 14.2. The fraction of sp³-hybridized carbons (Fsp3) is 1.00. The highest BCUT2D eigenvalue weighted by Gasteiger charge is 2.34. The zero-order valence-corrected chi connectivity index (χ0v) is 11.7. The Hall–Kier alpha value is 0.234. The fourth-order valence-electron chi connectivity index (χ4n) is 1.48. The van der Waals surface area contributed by atoms with Gasteiger partial charge in [-0.15, -0.1) is 0 Å². The van der Waals surface area contributed by atoms with Crippen LogP contribution in [-0.2, 0) is 17.7 Å². The molecule has 7 heteroatoms. The number of hydrogen-bond acceptors (Lipinski definition) is 5. The van der Waals surface area contributed by atoms with E-state index >= 15 is 0 Å². The van der Waals surface area contributed by atoms with Gasteiger partial charge in [0.2, 0.25) is 0 Å². The van der Waals surface area contributed by atoms with Crippen molar-refractivity contribution in [3.63, 3.8) is 0 Å². The summed E-state index contributed by atoms with van der Waals surface area (Å²) in [5.74, 6) is 0. The molecule has 0 fully saturated rings. The lowest BCUT2D eigenvalue weighted by Gasteiger charge is -2.26. The van der Waals surface area contributed by atoms with Gasteiger partial charge in [0.25, 0.3) is 0 Å². The van der Waals surface area contributed by atoms with E-state index in [-0.39, 0.29) is 5.16 Å². The summed E-state index contributed by atoms with van der Waals surface area (Å²) in [7, 11) is 3.30. The maximum atomic E-state index is 5.55. The highest BCUT2D eigenvalue weighted by molar-refractivity contribution is 6.67. The average Bonchev–Trinajstić information content (AvgIpc) is 2.21. The van der Waals surface area contributed by atoms with Gasteiger partial charge < -0.3 is 23.4 Å². The van der Waals surface area contributed by atoms with Crippen LogP contribution < -0.4 is 5.73 Å². The van der Waals surface area contributed by atoms with Crippen LogP contribution in [0.3, 0.4) is 0 Å². The topological polar surface area (TPSA) is 62.9 Å². The Balaban J connectivity index is 4.36. The van der Waals surface area contributed by atoms with E-state index in [1.54, 1.807) is 28.4 Å². The lowest BCUT2D eigenvalue weighted by molar-refractivity contribution is 0.240. The van der Waals surface area contributed by atoms with Crippen LogP contribution >= 0.6 is 0 Å². The van der Waals surface area contributed by atoms with Crippen molar-refractivity contribution in [2.45, 2.75) is 11.6 Å². The lowest BCUT2D eigenvalue weighted by Crippen LogP contribution is -2.40. The Morgan fingerprint density at radius 1 is 0.929 bits per heavy atom. The quantitative estimate of drug-likeness (QED) is 0.566. The molecule has 0 aliphatic heterocycles. The zero-order valence-electron chi connectivity index (χ0n) is 9.36. The number of rotatable bonds is 8. The highest BCUT2D eigenvalue weighted by Crippen LogP contribution is 2.20. The molecule has 0 aromatic carbocycles. The van der Waals surface area contributed by atoms with E-state index in [4.69, 9.17) is 23.4 Å². The molecule has 0 spiro atoms. The standard InChI is InChI=1S/C7H21NO4Si2/c1-9-13(10-2)7(5-6-8)14(11-3)12-4/h7,13-14H,5-6,8H2,1-4H3. The molecule has 0 aromatic rings. The van der Waals surface area contributed by atoms with Crippen molar-refractivity contribution < 1.29 is 17.7 Å². The third-order valence-electron chi connectivity index (χ3n) is 2.13. The van der Waals surface area contributed by atoms with Gasteiger partial charge in [-0.3, -0.25) is 0 Å². The van der Waals surface area contributed by atoms with Gasteiger partial charge in [0.15, 0.2) is 0 Å². The highest BCUT2D eigenvalue weighted by atomic mass is 28.4. The van der Waals surface area contributed by atoms with Gasteiger partial charge in [-0.1, -0.05) is 0 Å². The van der Waals surface area contributed by atoms with Gasteiger partial charge in [-0.05, 0) is 13.0 Å². The van der Waals surface area contributed by atoms with Crippen LogP contribution in [0.1, 0.15) is 6.42 Å². The molecule has 0 aliphatic carbocycles. The molecule has 0 saturated carbocycles. The molecule has 0 rings (SSSR count). The van der Waals surface area contributed by atoms with Crippen LogP contribution in [-0.4, -0.2) is 53.6 Å². The Kier molecular flexibility index (Phi) is 8.68. The lowest BCUT2D eigenvalue weighted by atomic mass is 10.5. The minimum absolute atomic E-state index is 0.255. The normalized spacial score (nSPS) is 12.0. The first-order valence-corrected chi connectivity index (χ1v) is 7.78. The van der Waals surface area contributed by atoms with Gasteiger partial charge >= 0.3 is 18.6 Å². The van der Waals surface area contributed by atoms with Crippen molar-refractivity contribution in [1.29, 1.82) is 0 Å². The molecular formula is C7H21NO4Si2. The van der Waals surface area contributed by atoms with Crippen molar-refractivity contribution in [1.82, 2.24) is 0 Å². The summed E-state index contributed by atoms with van der Waals surface area (Å²) in [6.45, 7) is 0.608. The predicted octanol–water partition coefficient (Wildman–Crippen LogP) is -0.729. The summed E-state index contributed by atoms with van der Waals surface area (Å²) in [5.41, 5.74) is 5.55. The molecule has 14 heavy (non-hydrogen) atoms. The fourth-order valence-corrected chi connectivity index (χ4v) is 7.11. The van der Waals surface area contributed by atoms with Crippen LogP contribution in [0.15, 0.2) is 0 Å².